The molecular weight excluding hydrogens is 340 g/mol. The first-order valence-electron chi connectivity index (χ1n) is 9.23. The summed E-state index contributed by atoms with van der Waals surface area (Å²) in [5.41, 5.74) is 5.72. The first-order chi connectivity index (χ1) is 13.1. The normalized spacial score (nSPS) is 12.3. The zero-order chi connectivity index (χ0) is 19.6. The molecule has 2 aromatic rings. The standard InChI is InChI=1S/C22H26N2O3/c1-4-9-20(22(26)27-5-2)16(3)23-24-21(25)19-14-12-18(13-15-19)17-10-7-6-8-11-17/h6-8,10-15,20H,4-5,9H2,1-3H3,(H,24,25)/b23-16+. The second-order valence-corrected chi connectivity index (χ2v) is 6.23. The molecule has 0 fully saturated rings. The molecular formula is C22H26N2O3. The fraction of sp³-hybridized carbons (Fsp3) is 0.318. The summed E-state index contributed by atoms with van der Waals surface area (Å²) in [6, 6.07) is 17.3. The molecule has 27 heavy (non-hydrogen) atoms. The first kappa shape index (κ1) is 20.4. The predicted octanol–water partition coefficient (Wildman–Crippen LogP) is 4.44. The van der Waals surface area contributed by atoms with Gasteiger partial charge in [0.1, 0.15) is 0 Å². The minimum atomic E-state index is -0.435. The third-order valence-corrected chi connectivity index (χ3v) is 4.24. The number of amides is 1. The minimum absolute atomic E-state index is 0.304. The van der Waals surface area contributed by atoms with E-state index in [1.165, 1.54) is 0 Å². The topological polar surface area (TPSA) is 67.8 Å². The molecule has 0 aromatic heterocycles. The molecule has 0 saturated carbocycles. The molecule has 142 valence electrons. The zero-order valence-electron chi connectivity index (χ0n) is 16.1. The van der Waals surface area contributed by atoms with E-state index in [2.05, 4.69) is 10.5 Å². The summed E-state index contributed by atoms with van der Waals surface area (Å²) in [6.07, 6.45) is 1.46. The Morgan fingerprint density at radius 1 is 1.00 bits per heavy atom. The fourth-order valence-electron chi connectivity index (χ4n) is 2.75. The summed E-state index contributed by atoms with van der Waals surface area (Å²) in [7, 11) is 0. The second kappa shape index (κ2) is 10.3. The van der Waals surface area contributed by atoms with Crippen LogP contribution in [0, 0.1) is 5.92 Å². The second-order valence-electron chi connectivity index (χ2n) is 6.23. The Balaban J connectivity index is 2.05. The molecule has 0 heterocycles. The van der Waals surface area contributed by atoms with Crippen LogP contribution in [0.15, 0.2) is 59.7 Å². The number of carbonyl (C=O) groups excluding carboxylic acids is 2. The van der Waals surface area contributed by atoms with Crippen LogP contribution in [0.4, 0.5) is 0 Å². The lowest BCUT2D eigenvalue weighted by Crippen LogP contribution is -2.27. The third kappa shape index (κ3) is 5.78. The SMILES string of the molecule is CCCC(C(=O)OCC)/C(C)=N/NC(=O)c1ccc(-c2ccccc2)cc1. The van der Waals surface area contributed by atoms with Crippen LogP contribution in [0.5, 0.6) is 0 Å². The Labute approximate surface area is 160 Å². The van der Waals surface area contributed by atoms with Gasteiger partial charge < -0.3 is 4.74 Å². The van der Waals surface area contributed by atoms with Gasteiger partial charge in [-0.2, -0.15) is 5.10 Å². The molecule has 1 unspecified atom stereocenters. The highest BCUT2D eigenvalue weighted by molar-refractivity contribution is 6.02. The van der Waals surface area contributed by atoms with E-state index < -0.39 is 5.92 Å². The summed E-state index contributed by atoms with van der Waals surface area (Å²) in [4.78, 5) is 24.4. The van der Waals surface area contributed by atoms with Gasteiger partial charge in [0.25, 0.3) is 5.91 Å². The van der Waals surface area contributed by atoms with Gasteiger partial charge in [-0.05, 0) is 43.5 Å². The molecule has 2 rings (SSSR count). The van der Waals surface area contributed by atoms with Gasteiger partial charge in [-0.15, -0.1) is 0 Å². The number of hydrogen-bond donors (Lipinski definition) is 1. The highest BCUT2D eigenvalue weighted by Gasteiger charge is 2.22. The smallest absolute Gasteiger partial charge is 0.314 e. The molecule has 0 radical (unpaired) electrons. The van der Waals surface area contributed by atoms with Gasteiger partial charge in [-0.1, -0.05) is 55.8 Å². The van der Waals surface area contributed by atoms with Crippen molar-refractivity contribution in [2.75, 3.05) is 6.61 Å². The molecule has 5 nitrogen and oxygen atoms in total. The monoisotopic (exact) mass is 366 g/mol. The number of nitrogens with zero attached hydrogens (tertiary/aromatic N) is 1. The average molecular weight is 366 g/mol. The number of carbonyl (C=O) groups is 2. The molecule has 0 aliphatic heterocycles. The van der Waals surface area contributed by atoms with Gasteiger partial charge in [0.2, 0.25) is 0 Å². The Morgan fingerprint density at radius 3 is 2.22 bits per heavy atom. The lowest BCUT2D eigenvalue weighted by molar-refractivity contribution is -0.145. The molecule has 0 aliphatic rings. The van der Waals surface area contributed by atoms with Crippen LogP contribution in [-0.2, 0) is 9.53 Å². The fourth-order valence-corrected chi connectivity index (χ4v) is 2.75. The predicted molar refractivity (Wildman–Crippen MR) is 107 cm³/mol. The number of hydrogen-bond acceptors (Lipinski definition) is 4. The van der Waals surface area contributed by atoms with Gasteiger partial charge in [0.05, 0.1) is 12.5 Å². The zero-order valence-corrected chi connectivity index (χ0v) is 16.1. The van der Waals surface area contributed by atoms with E-state index in [1.807, 2.05) is 49.4 Å². The third-order valence-electron chi connectivity index (χ3n) is 4.24. The summed E-state index contributed by atoms with van der Waals surface area (Å²) >= 11 is 0. The van der Waals surface area contributed by atoms with Gasteiger partial charge in [0.15, 0.2) is 0 Å². The molecule has 0 bridgehead atoms. The highest BCUT2D eigenvalue weighted by atomic mass is 16.5. The van der Waals surface area contributed by atoms with E-state index >= 15 is 0 Å². The number of nitrogens with one attached hydrogen (secondary N) is 1. The van der Waals surface area contributed by atoms with Crippen molar-refractivity contribution in [3.8, 4) is 11.1 Å². The maximum Gasteiger partial charge on any atom is 0.314 e. The molecule has 0 saturated heterocycles. The van der Waals surface area contributed by atoms with Crippen LogP contribution in [-0.4, -0.2) is 24.2 Å². The van der Waals surface area contributed by atoms with Crippen molar-refractivity contribution in [2.45, 2.75) is 33.6 Å². The van der Waals surface area contributed by atoms with Gasteiger partial charge in [0, 0.05) is 11.3 Å². The van der Waals surface area contributed by atoms with Gasteiger partial charge in [-0.3, -0.25) is 9.59 Å². The summed E-state index contributed by atoms with van der Waals surface area (Å²) in [5.74, 6) is -1.05. The Bertz CT molecular complexity index is 783. The van der Waals surface area contributed by atoms with Crippen molar-refractivity contribution < 1.29 is 14.3 Å². The largest absolute Gasteiger partial charge is 0.465 e. The maximum absolute atomic E-state index is 12.3. The van der Waals surface area contributed by atoms with E-state index in [9.17, 15) is 9.59 Å². The quantitative estimate of drug-likeness (QED) is 0.427. The minimum Gasteiger partial charge on any atom is -0.465 e. The molecule has 1 amide bonds. The van der Waals surface area contributed by atoms with Crippen molar-refractivity contribution in [3.63, 3.8) is 0 Å². The molecule has 5 heteroatoms. The maximum atomic E-state index is 12.3. The summed E-state index contributed by atoms with van der Waals surface area (Å²) in [6.45, 7) is 5.82. The molecule has 0 spiro atoms. The van der Waals surface area contributed by atoms with Gasteiger partial charge >= 0.3 is 5.97 Å². The number of benzene rings is 2. The van der Waals surface area contributed by atoms with E-state index in [-0.39, 0.29) is 11.9 Å². The van der Waals surface area contributed by atoms with E-state index in [4.69, 9.17) is 4.74 Å². The van der Waals surface area contributed by atoms with Crippen molar-refractivity contribution in [1.29, 1.82) is 0 Å². The number of esters is 1. The van der Waals surface area contributed by atoms with E-state index in [1.54, 1.807) is 26.0 Å². The van der Waals surface area contributed by atoms with Crippen LogP contribution in [0.25, 0.3) is 11.1 Å². The number of ether oxygens (including phenoxy) is 1. The van der Waals surface area contributed by atoms with E-state index in [0.29, 0.717) is 24.3 Å². The highest BCUT2D eigenvalue weighted by Crippen LogP contribution is 2.19. The van der Waals surface area contributed by atoms with E-state index in [0.717, 1.165) is 17.5 Å². The Hall–Kier alpha value is -2.95. The molecule has 2 aromatic carbocycles. The van der Waals surface area contributed by atoms with Crippen LogP contribution in [0.3, 0.4) is 0 Å². The molecule has 0 aliphatic carbocycles. The number of hydrazone groups is 1. The first-order valence-corrected chi connectivity index (χ1v) is 9.23. The van der Waals surface area contributed by atoms with Crippen LogP contribution >= 0.6 is 0 Å². The van der Waals surface area contributed by atoms with Crippen molar-refractivity contribution in [3.05, 3.63) is 60.2 Å². The van der Waals surface area contributed by atoms with Crippen LogP contribution in [0.2, 0.25) is 0 Å². The van der Waals surface area contributed by atoms with Gasteiger partial charge in [-0.25, -0.2) is 5.43 Å². The lowest BCUT2D eigenvalue weighted by atomic mass is 9.99. The van der Waals surface area contributed by atoms with Crippen molar-refractivity contribution >= 4 is 17.6 Å². The number of rotatable bonds is 8. The van der Waals surface area contributed by atoms with Crippen molar-refractivity contribution in [1.82, 2.24) is 5.43 Å². The molecule has 1 atom stereocenters. The summed E-state index contributed by atoms with van der Waals surface area (Å²) < 4.78 is 5.09. The van der Waals surface area contributed by atoms with Crippen LogP contribution < -0.4 is 5.43 Å². The van der Waals surface area contributed by atoms with Crippen molar-refractivity contribution in [2.24, 2.45) is 11.0 Å². The molecule has 1 N–H and O–H groups in total. The average Bonchev–Trinajstić information content (AvgIpc) is 2.71. The Morgan fingerprint density at radius 2 is 1.63 bits per heavy atom. The van der Waals surface area contributed by atoms with Crippen LogP contribution in [0.1, 0.15) is 44.0 Å². The Kier molecular flexibility index (Phi) is 7.74. The lowest BCUT2D eigenvalue weighted by Gasteiger charge is -2.14. The summed E-state index contributed by atoms with van der Waals surface area (Å²) in [5, 5.41) is 4.12.